The summed E-state index contributed by atoms with van der Waals surface area (Å²) >= 11 is 0. The molecule has 1 aliphatic rings. The van der Waals surface area contributed by atoms with E-state index >= 15 is 0 Å². The Balaban J connectivity index is 2.71. The van der Waals surface area contributed by atoms with Crippen molar-refractivity contribution in [3.05, 3.63) is 0 Å². The molecule has 4 unspecified atom stereocenters. The van der Waals surface area contributed by atoms with E-state index in [2.05, 4.69) is 39.8 Å². The predicted molar refractivity (Wildman–Crippen MR) is 82.8 cm³/mol. The molecular weight excluding hydrogens is 252 g/mol. The van der Waals surface area contributed by atoms with Crippen molar-refractivity contribution < 1.29 is 9.53 Å². The maximum Gasteiger partial charge on any atom is 0.225 e. The number of hydrogen-bond acceptors (Lipinski definition) is 3. The van der Waals surface area contributed by atoms with Crippen LogP contribution in [0, 0.1) is 5.92 Å². The second kappa shape index (κ2) is 7.99. The van der Waals surface area contributed by atoms with Gasteiger partial charge in [0.2, 0.25) is 5.91 Å². The molecule has 0 aromatic carbocycles. The van der Waals surface area contributed by atoms with E-state index in [4.69, 9.17) is 4.74 Å². The third kappa shape index (κ3) is 4.19. The Morgan fingerprint density at radius 3 is 2.50 bits per heavy atom. The standard InChI is InChI=1S/C16H32N2O2/c1-7-12(2)16(17(4)5)14(20-6)11-15(19)18-10-8-9-13(18)3/h12-14,16H,7-11H2,1-6H3. The zero-order chi connectivity index (χ0) is 15.3. The Bertz CT molecular complexity index is 307. The Morgan fingerprint density at radius 2 is 2.10 bits per heavy atom. The van der Waals surface area contributed by atoms with Crippen LogP contribution in [-0.4, -0.2) is 61.6 Å². The molecule has 1 saturated heterocycles. The molecule has 118 valence electrons. The SMILES string of the molecule is CCC(C)C(C(CC(=O)N1CCCC1C)OC)N(C)C. The summed E-state index contributed by atoms with van der Waals surface area (Å²) in [7, 11) is 5.88. The van der Waals surface area contributed by atoms with Crippen molar-refractivity contribution in [1.29, 1.82) is 0 Å². The molecule has 0 aliphatic carbocycles. The molecule has 4 atom stereocenters. The summed E-state index contributed by atoms with van der Waals surface area (Å²) < 4.78 is 5.67. The van der Waals surface area contributed by atoms with Gasteiger partial charge in [0.1, 0.15) is 0 Å². The minimum atomic E-state index is -0.0275. The van der Waals surface area contributed by atoms with Crippen molar-refractivity contribution in [3.63, 3.8) is 0 Å². The van der Waals surface area contributed by atoms with Gasteiger partial charge >= 0.3 is 0 Å². The molecule has 1 amide bonds. The molecule has 1 rings (SSSR count). The van der Waals surface area contributed by atoms with Crippen molar-refractivity contribution in [3.8, 4) is 0 Å². The molecule has 1 fully saturated rings. The van der Waals surface area contributed by atoms with Gasteiger partial charge in [-0.2, -0.15) is 0 Å². The lowest BCUT2D eigenvalue weighted by atomic mass is 9.91. The van der Waals surface area contributed by atoms with Crippen LogP contribution in [0.15, 0.2) is 0 Å². The van der Waals surface area contributed by atoms with Crippen LogP contribution in [0.3, 0.4) is 0 Å². The lowest BCUT2D eigenvalue weighted by molar-refractivity contribution is -0.135. The van der Waals surface area contributed by atoms with Crippen LogP contribution in [0.5, 0.6) is 0 Å². The van der Waals surface area contributed by atoms with Gasteiger partial charge in [0.05, 0.1) is 12.5 Å². The van der Waals surface area contributed by atoms with E-state index in [1.165, 1.54) is 0 Å². The number of ether oxygens (including phenoxy) is 1. The lowest BCUT2D eigenvalue weighted by Gasteiger charge is -2.36. The Kier molecular flexibility index (Phi) is 6.96. The first-order valence-corrected chi connectivity index (χ1v) is 7.91. The fraction of sp³-hybridized carbons (Fsp3) is 0.938. The van der Waals surface area contributed by atoms with E-state index < -0.39 is 0 Å². The van der Waals surface area contributed by atoms with Gasteiger partial charge in [-0.3, -0.25) is 4.79 Å². The maximum atomic E-state index is 12.5. The number of likely N-dealkylation sites (N-methyl/N-ethyl adjacent to an activating group) is 1. The predicted octanol–water partition coefficient (Wildman–Crippen LogP) is 2.38. The second-order valence-corrected chi connectivity index (χ2v) is 6.40. The fourth-order valence-corrected chi connectivity index (χ4v) is 3.39. The number of nitrogens with zero attached hydrogens (tertiary/aromatic N) is 2. The van der Waals surface area contributed by atoms with Crippen molar-refractivity contribution in [2.24, 2.45) is 5.92 Å². The zero-order valence-electron chi connectivity index (χ0n) is 14.1. The van der Waals surface area contributed by atoms with Gasteiger partial charge in [0.25, 0.3) is 0 Å². The monoisotopic (exact) mass is 284 g/mol. The molecule has 1 aliphatic heterocycles. The van der Waals surface area contributed by atoms with Crippen LogP contribution in [-0.2, 0) is 9.53 Å². The number of methoxy groups -OCH3 is 1. The van der Waals surface area contributed by atoms with Crippen LogP contribution in [0.4, 0.5) is 0 Å². The van der Waals surface area contributed by atoms with Gasteiger partial charge in [-0.25, -0.2) is 0 Å². The van der Waals surface area contributed by atoms with Gasteiger partial charge in [-0.1, -0.05) is 20.3 Å². The second-order valence-electron chi connectivity index (χ2n) is 6.40. The average Bonchev–Trinajstić information content (AvgIpc) is 2.83. The van der Waals surface area contributed by atoms with Gasteiger partial charge in [0.15, 0.2) is 0 Å². The molecule has 0 N–H and O–H groups in total. The van der Waals surface area contributed by atoms with Crippen molar-refractivity contribution in [1.82, 2.24) is 9.80 Å². The summed E-state index contributed by atoms with van der Waals surface area (Å²) in [6, 6.07) is 0.674. The van der Waals surface area contributed by atoms with Crippen molar-refractivity contribution >= 4 is 5.91 Å². The number of rotatable bonds is 7. The molecule has 0 radical (unpaired) electrons. The molecule has 4 nitrogen and oxygen atoms in total. The molecule has 20 heavy (non-hydrogen) atoms. The number of carbonyl (C=O) groups excluding carboxylic acids is 1. The maximum absolute atomic E-state index is 12.5. The highest BCUT2D eigenvalue weighted by Gasteiger charge is 2.33. The largest absolute Gasteiger partial charge is 0.379 e. The molecule has 0 aromatic heterocycles. The Morgan fingerprint density at radius 1 is 1.45 bits per heavy atom. The van der Waals surface area contributed by atoms with E-state index in [9.17, 15) is 4.79 Å². The van der Waals surface area contributed by atoms with E-state index in [0.29, 0.717) is 18.4 Å². The fourth-order valence-electron chi connectivity index (χ4n) is 3.39. The number of likely N-dealkylation sites (tertiary alicyclic amines) is 1. The van der Waals surface area contributed by atoms with Crippen LogP contribution >= 0.6 is 0 Å². The van der Waals surface area contributed by atoms with Crippen molar-refractivity contribution in [2.75, 3.05) is 27.7 Å². The first-order valence-electron chi connectivity index (χ1n) is 7.91. The van der Waals surface area contributed by atoms with Crippen LogP contribution in [0.25, 0.3) is 0 Å². The molecular formula is C16H32N2O2. The van der Waals surface area contributed by atoms with E-state index in [1.54, 1.807) is 7.11 Å². The summed E-state index contributed by atoms with van der Waals surface area (Å²) in [5.41, 5.74) is 0. The molecule has 0 bridgehead atoms. The third-order valence-electron chi connectivity index (χ3n) is 4.76. The summed E-state index contributed by atoms with van der Waals surface area (Å²) in [6.45, 7) is 7.48. The summed E-state index contributed by atoms with van der Waals surface area (Å²) in [4.78, 5) is 16.7. The zero-order valence-corrected chi connectivity index (χ0v) is 14.1. The minimum Gasteiger partial charge on any atom is -0.379 e. The summed E-state index contributed by atoms with van der Waals surface area (Å²) in [5.74, 6) is 0.760. The Labute approximate surface area is 124 Å². The quantitative estimate of drug-likeness (QED) is 0.719. The topological polar surface area (TPSA) is 32.8 Å². The molecule has 0 saturated carbocycles. The smallest absolute Gasteiger partial charge is 0.225 e. The third-order valence-corrected chi connectivity index (χ3v) is 4.76. The molecule has 1 heterocycles. The van der Waals surface area contributed by atoms with Crippen LogP contribution in [0.1, 0.15) is 46.5 Å². The van der Waals surface area contributed by atoms with E-state index in [0.717, 1.165) is 25.8 Å². The van der Waals surface area contributed by atoms with Gasteiger partial charge in [-0.05, 0) is 39.8 Å². The highest BCUT2D eigenvalue weighted by atomic mass is 16.5. The highest BCUT2D eigenvalue weighted by Crippen LogP contribution is 2.23. The van der Waals surface area contributed by atoms with Gasteiger partial charge in [0, 0.05) is 25.7 Å². The van der Waals surface area contributed by atoms with Gasteiger partial charge < -0.3 is 14.5 Å². The van der Waals surface area contributed by atoms with Crippen LogP contribution < -0.4 is 0 Å². The number of carbonyl (C=O) groups is 1. The first-order chi connectivity index (χ1) is 9.42. The highest BCUT2D eigenvalue weighted by molar-refractivity contribution is 5.77. The normalized spacial score (nSPS) is 23.9. The van der Waals surface area contributed by atoms with Crippen LogP contribution in [0.2, 0.25) is 0 Å². The number of amides is 1. The van der Waals surface area contributed by atoms with Gasteiger partial charge in [-0.15, -0.1) is 0 Å². The molecule has 0 aromatic rings. The Hall–Kier alpha value is -0.610. The average molecular weight is 284 g/mol. The lowest BCUT2D eigenvalue weighted by Crippen LogP contribution is -2.47. The van der Waals surface area contributed by atoms with Crippen molar-refractivity contribution in [2.45, 2.75) is 64.6 Å². The van der Waals surface area contributed by atoms with E-state index in [-0.39, 0.29) is 18.1 Å². The van der Waals surface area contributed by atoms with E-state index in [1.807, 2.05) is 4.90 Å². The summed E-state index contributed by atoms with van der Waals surface area (Å²) in [5, 5.41) is 0. The first kappa shape index (κ1) is 17.4. The number of hydrogen-bond donors (Lipinski definition) is 0. The minimum absolute atomic E-state index is 0.0275. The summed E-state index contributed by atoms with van der Waals surface area (Å²) in [6.07, 6.45) is 3.82. The molecule has 4 heteroatoms. The molecule has 0 spiro atoms.